The minimum Gasteiger partial charge on any atom is -0.494 e. The smallest absolute Gasteiger partial charge is 0.225 e. The lowest BCUT2D eigenvalue weighted by Gasteiger charge is -2.15. The van der Waals surface area contributed by atoms with Crippen molar-refractivity contribution in [3.8, 4) is 5.75 Å². The number of rotatable bonds is 7. The lowest BCUT2D eigenvalue weighted by molar-refractivity contribution is -0.119. The van der Waals surface area contributed by atoms with Crippen LogP contribution >= 0.6 is 12.2 Å². The first kappa shape index (κ1) is 22.0. The summed E-state index contributed by atoms with van der Waals surface area (Å²) in [5.74, 6) is -1.23. The van der Waals surface area contributed by atoms with Crippen LogP contribution in [0.1, 0.15) is 54.5 Å². The average molecular weight is 427 g/mol. The van der Waals surface area contributed by atoms with Crippen LogP contribution in [0.25, 0.3) is 10.9 Å². The first-order valence-electron chi connectivity index (χ1n) is 10.1. The summed E-state index contributed by atoms with van der Waals surface area (Å²) in [6.07, 6.45) is 2.43. The Morgan fingerprint density at radius 3 is 2.47 bits per heavy atom. The van der Waals surface area contributed by atoms with Crippen LogP contribution in [0.5, 0.6) is 5.75 Å². The number of amides is 1. The van der Waals surface area contributed by atoms with Gasteiger partial charge in [-0.25, -0.2) is 4.39 Å². The SMILES string of the molecule is CCCCC(C(N)=O)c1c(C)n(C(=S)c2ccc(C)cc2)c2cc(F)c(OC)cc12. The molecule has 3 aromatic rings. The monoisotopic (exact) mass is 426 g/mol. The number of fused-ring (bicyclic) bond motifs is 1. The van der Waals surface area contributed by atoms with Crippen LogP contribution in [0.2, 0.25) is 0 Å². The molecule has 1 heterocycles. The highest BCUT2D eigenvalue weighted by Gasteiger charge is 2.28. The van der Waals surface area contributed by atoms with Crippen molar-refractivity contribution in [3.63, 3.8) is 0 Å². The first-order valence-corrected chi connectivity index (χ1v) is 10.5. The van der Waals surface area contributed by atoms with E-state index in [1.165, 1.54) is 13.2 Å². The molecule has 6 heteroatoms. The first-order chi connectivity index (χ1) is 14.3. The fourth-order valence-corrected chi connectivity index (χ4v) is 4.33. The predicted molar refractivity (Wildman–Crippen MR) is 123 cm³/mol. The van der Waals surface area contributed by atoms with E-state index in [1.54, 1.807) is 6.07 Å². The molecule has 0 aliphatic carbocycles. The number of methoxy groups -OCH3 is 1. The van der Waals surface area contributed by atoms with Gasteiger partial charge in [-0.3, -0.25) is 4.79 Å². The largest absolute Gasteiger partial charge is 0.494 e. The van der Waals surface area contributed by atoms with Crippen molar-refractivity contribution in [2.75, 3.05) is 7.11 Å². The Hall–Kier alpha value is -2.73. The molecule has 3 rings (SSSR count). The average Bonchev–Trinajstić information content (AvgIpc) is 2.98. The van der Waals surface area contributed by atoms with Gasteiger partial charge >= 0.3 is 0 Å². The summed E-state index contributed by atoms with van der Waals surface area (Å²) in [7, 11) is 1.42. The molecule has 0 aliphatic heterocycles. The molecule has 0 saturated heterocycles. The normalized spacial score (nSPS) is 12.2. The number of benzene rings is 2. The molecule has 2 N–H and O–H groups in total. The standard InChI is InChI=1S/C24H27FN2O2S/c1-5-6-7-17(23(26)28)22-15(3)27(24(30)16-10-8-14(2)9-11-16)20-13-19(25)21(29-4)12-18(20)22/h8-13,17H,5-7H2,1-4H3,(H2,26,28). The Morgan fingerprint density at radius 1 is 1.23 bits per heavy atom. The third-order valence-electron chi connectivity index (χ3n) is 5.57. The highest BCUT2D eigenvalue weighted by molar-refractivity contribution is 7.80. The maximum absolute atomic E-state index is 14.6. The van der Waals surface area contributed by atoms with E-state index in [0.717, 1.165) is 40.6 Å². The molecule has 0 saturated carbocycles. The molecule has 1 aromatic heterocycles. The van der Waals surface area contributed by atoms with Gasteiger partial charge in [-0.2, -0.15) is 0 Å². The Labute approximate surface area is 181 Å². The lowest BCUT2D eigenvalue weighted by Crippen LogP contribution is -2.22. The molecule has 2 aromatic carbocycles. The van der Waals surface area contributed by atoms with Gasteiger partial charge in [-0.05, 0) is 31.9 Å². The minimum atomic E-state index is -0.482. The van der Waals surface area contributed by atoms with Crippen molar-refractivity contribution < 1.29 is 13.9 Å². The quantitative estimate of drug-likeness (QED) is 0.516. The number of nitrogens with two attached hydrogens (primary N) is 1. The van der Waals surface area contributed by atoms with E-state index < -0.39 is 17.6 Å². The summed E-state index contributed by atoms with van der Waals surface area (Å²) in [5.41, 5.74) is 9.96. The second kappa shape index (κ2) is 8.96. The topological polar surface area (TPSA) is 57.2 Å². The molecule has 1 unspecified atom stereocenters. The van der Waals surface area contributed by atoms with E-state index in [-0.39, 0.29) is 5.75 Å². The fraction of sp³-hybridized carbons (Fsp3) is 0.333. The third kappa shape index (κ3) is 3.97. The maximum Gasteiger partial charge on any atom is 0.225 e. The molecule has 158 valence electrons. The second-order valence-corrected chi connectivity index (χ2v) is 7.99. The molecule has 1 amide bonds. The van der Waals surface area contributed by atoms with Crippen molar-refractivity contribution in [2.45, 2.75) is 46.0 Å². The zero-order chi connectivity index (χ0) is 22.0. The van der Waals surface area contributed by atoms with Gasteiger partial charge in [-0.15, -0.1) is 0 Å². The zero-order valence-corrected chi connectivity index (χ0v) is 18.6. The number of unbranched alkanes of at least 4 members (excludes halogenated alkanes) is 1. The predicted octanol–water partition coefficient (Wildman–Crippen LogP) is 5.39. The number of carbonyl (C=O) groups is 1. The van der Waals surface area contributed by atoms with Crippen molar-refractivity contribution in [1.82, 2.24) is 4.57 Å². The Morgan fingerprint density at radius 2 is 1.90 bits per heavy atom. The number of primary amides is 1. The number of aromatic nitrogens is 1. The summed E-state index contributed by atoms with van der Waals surface area (Å²) in [6.45, 7) is 5.98. The number of halogens is 1. The summed E-state index contributed by atoms with van der Waals surface area (Å²) >= 11 is 5.80. The van der Waals surface area contributed by atoms with E-state index in [2.05, 4.69) is 6.92 Å². The Bertz CT molecular complexity index is 1100. The number of hydrogen-bond donors (Lipinski definition) is 1. The van der Waals surface area contributed by atoms with Gasteiger partial charge in [0, 0.05) is 22.7 Å². The molecular formula is C24H27FN2O2S. The summed E-state index contributed by atoms with van der Waals surface area (Å²) in [5, 5.41) is 0.736. The second-order valence-electron chi connectivity index (χ2n) is 7.61. The molecular weight excluding hydrogens is 399 g/mol. The van der Waals surface area contributed by atoms with Crippen LogP contribution in [0.15, 0.2) is 36.4 Å². The van der Waals surface area contributed by atoms with Gasteiger partial charge < -0.3 is 15.0 Å². The summed E-state index contributed by atoms with van der Waals surface area (Å²) in [6, 6.07) is 10.9. The van der Waals surface area contributed by atoms with Crippen LogP contribution in [-0.2, 0) is 4.79 Å². The summed E-state index contributed by atoms with van der Waals surface area (Å²) < 4.78 is 21.7. The van der Waals surface area contributed by atoms with Crippen LogP contribution < -0.4 is 10.5 Å². The van der Waals surface area contributed by atoms with E-state index in [9.17, 15) is 9.18 Å². The number of nitrogens with zero attached hydrogens (tertiary/aromatic N) is 1. The van der Waals surface area contributed by atoms with Crippen LogP contribution in [0, 0.1) is 19.7 Å². The minimum absolute atomic E-state index is 0.126. The maximum atomic E-state index is 14.6. The van der Waals surface area contributed by atoms with Gasteiger partial charge in [0.25, 0.3) is 0 Å². The molecule has 0 spiro atoms. The van der Waals surface area contributed by atoms with Gasteiger partial charge in [-0.1, -0.05) is 61.8 Å². The van der Waals surface area contributed by atoms with E-state index in [0.29, 0.717) is 16.9 Å². The van der Waals surface area contributed by atoms with E-state index in [1.807, 2.05) is 42.7 Å². The van der Waals surface area contributed by atoms with Crippen molar-refractivity contribution in [2.24, 2.45) is 5.73 Å². The highest BCUT2D eigenvalue weighted by Crippen LogP contribution is 2.38. The number of ether oxygens (including phenoxy) is 1. The Balaban J connectivity index is 2.30. The number of carbonyl (C=O) groups excluding carboxylic acids is 1. The molecule has 30 heavy (non-hydrogen) atoms. The van der Waals surface area contributed by atoms with Crippen LogP contribution in [0.3, 0.4) is 0 Å². The molecule has 0 bridgehead atoms. The lowest BCUT2D eigenvalue weighted by atomic mass is 9.90. The number of hydrogen-bond acceptors (Lipinski definition) is 3. The summed E-state index contributed by atoms with van der Waals surface area (Å²) in [4.78, 5) is 12.9. The Kier molecular flexibility index (Phi) is 6.56. The number of thiocarbonyl (C=S) groups is 1. The molecule has 4 nitrogen and oxygen atoms in total. The zero-order valence-electron chi connectivity index (χ0n) is 17.8. The van der Waals surface area contributed by atoms with Gasteiger partial charge in [0.1, 0.15) is 4.99 Å². The van der Waals surface area contributed by atoms with Gasteiger partial charge in [0.15, 0.2) is 11.6 Å². The van der Waals surface area contributed by atoms with Crippen molar-refractivity contribution in [3.05, 3.63) is 64.6 Å². The molecule has 1 atom stereocenters. The van der Waals surface area contributed by atoms with Crippen molar-refractivity contribution >= 4 is 34.0 Å². The number of aryl methyl sites for hydroxylation is 1. The van der Waals surface area contributed by atoms with E-state index >= 15 is 0 Å². The highest BCUT2D eigenvalue weighted by atomic mass is 32.1. The van der Waals surface area contributed by atoms with Crippen LogP contribution in [0.4, 0.5) is 4.39 Å². The third-order valence-corrected chi connectivity index (χ3v) is 5.98. The van der Waals surface area contributed by atoms with Crippen LogP contribution in [-0.4, -0.2) is 22.6 Å². The van der Waals surface area contributed by atoms with Gasteiger partial charge in [0.05, 0.1) is 18.5 Å². The fourth-order valence-electron chi connectivity index (χ4n) is 3.96. The van der Waals surface area contributed by atoms with Gasteiger partial charge in [0.2, 0.25) is 5.91 Å². The van der Waals surface area contributed by atoms with Crippen molar-refractivity contribution in [1.29, 1.82) is 0 Å². The molecule has 0 fully saturated rings. The molecule has 0 radical (unpaired) electrons. The van der Waals surface area contributed by atoms with E-state index in [4.69, 9.17) is 22.7 Å². The molecule has 0 aliphatic rings.